The molecule has 0 spiro atoms. The maximum atomic E-state index is 12.3. The molecule has 0 aromatic carbocycles. The van der Waals surface area contributed by atoms with E-state index in [9.17, 15) is 14.7 Å². The van der Waals surface area contributed by atoms with Crippen LogP contribution >= 0.6 is 12.4 Å². The number of hydrogen-bond acceptors (Lipinski definition) is 5. The highest BCUT2D eigenvalue weighted by molar-refractivity contribution is 5.92. The molecular formula is C13H21ClN4O3. The maximum Gasteiger partial charge on any atom is 0.274 e. The number of piperazine rings is 1. The zero-order valence-electron chi connectivity index (χ0n) is 12.2. The summed E-state index contributed by atoms with van der Waals surface area (Å²) in [7, 11) is 1.53. The lowest BCUT2D eigenvalue weighted by molar-refractivity contribution is 0.0547. The van der Waals surface area contributed by atoms with E-state index in [0.29, 0.717) is 19.6 Å². The smallest absolute Gasteiger partial charge is 0.274 e. The largest absolute Gasteiger partial charge is 0.392 e. The lowest BCUT2D eigenvalue weighted by Gasteiger charge is -2.35. The van der Waals surface area contributed by atoms with E-state index in [0.717, 1.165) is 17.8 Å². The molecule has 8 heteroatoms. The molecule has 1 N–H and O–H groups in total. The Morgan fingerprint density at radius 1 is 1.33 bits per heavy atom. The van der Waals surface area contributed by atoms with Gasteiger partial charge in [0.2, 0.25) is 0 Å². The van der Waals surface area contributed by atoms with Gasteiger partial charge in [-0.15, -0.1) is 12.4 Å². The molecule has 1 unspecified atom stereocenters. The fraction of sp³-hybridized carbons (Fsp3) is 0.615. The van der Waals surface area contributed by atoms with Crippen molar-refractivity contribution in [2.75, 3.05) is 32.7 Å². The van der Waals surface area contributed by atoms with Crippen LogP contribution < -0.4 is 5.56 Å². The van der Waals surface area contributed by atoms with E-state index < -0.39 is 0 Å². The molecule has 21 heavy (non-hydrogen) atoms. The number of β-amino-alcohol motifs (C(OH)–C–C–N with tert-alkyl or cyclic N) is 1. The molecule has 1 aliphatic rings. The Hall–Kier alpha value is -1.44. The topological polar surface area (TPSA) is 78.7 Å². The van der Waals surface area contributed by atoms with Crippen molar-refractivity contribution in [3.63, 3.8) is 0 Å². The number of amides is 1. The molecule has 1 aromatic rings. The lowest BCUT2D eigenvalue weighted by Crippen LogP contribution is -2.50. The van der Waals surface area contributed by atoms with E-state index in [-0.39, 0.29) is 35.7 Å². The van der Waals surface area contributed by atoms with Gasteiger partial charge in [0.25, 0.3) is 11.5 Å². The standard InChI is InChI=1S/C13H20N4O3.ClH/c1-10(18)9-16-5-7-17(8-6-16)13(20)11-3-4-12(19)15(2)14-11;/h3-4,10,18H,5-9H2,1-2H3;1H. The van der Waals surface area contributed by atoms with Crippen molar-refractivity contribution in [2.24, 2.45) is 7.05 Å². The number of halogens is 1. The van der Waals surface area contributed by atoms with E-state index in [4.69, 9.17) is 0 Å². The first-order valence-electron chi connectivity index (χ1n) is 6.71. The van der Waals surface area contributed by atoms with Gasteiger partial charge in [0.05, 0.1) is 6.10 Å². The van der Waals surface area contributed by atoms with Crippen molar-refractivity contribution in [3.8, 4) is 0 Å². The van der Waals surface area contributed by atoms with Crippen LogP contribution in [0.5, 0.6) is 0 Å². The molecule has 2 rings (SSSR count). The van der Waals surface area contributed by atoms with Gasteiger partial charge in [-0.25, -0.2) is 4.68 Å². The van der Waals surface area contributed by atoms with Crippen LogP contribution in [0.1, 0.15) is 17.4 Å². The first-order valence-corrected chi connectivity index (χ1v) is 6.71. The van der Waals surface area contributed by atoms with Crippen molar-refractivity contribution < 1.29 is 9.90 Å². The van der Waals surface area contributed by atoms with Crippen LogP contribution in [0.15, 0.2) is 16.9 Å². The van der Waals surface area contributed by atoms with Gasteiger partial charge in [-0.1, -0.05) is 0 Å². The Bertz CT molecular complexity index is 538. The molecule has 7 nitrogen and oxygen atoms in total. The molecule has 1 saturated heterocycles. The second-order valence-corrected chi connectivity index (χ2v) is 5.12. The van der Waals surface area contributed by atoms with Crippen LogP contribution in [-0.2, 0) is 7.05 Å². The molecule has 0 bridgehead atoms. The summed E-state index contributed by atoms with van der Waals surface area (Å²) in [4.78, 5) is 27.4. The van der Waals surface area contributed by atoms with Crippen LogP contribution in [0.4, 0.5) is 0 Å². The molecule has 0 aliphatic carbocycles. The summed E-state index contributed by atoms with van der Waals surface area (Å²) in [5.41, 5.74) is 0.0550. The summed E-state index contributed by atoms with van der Waals surface area (Å²) >= 11 is 0. The number of hydrogen-bond donors (Lipinski definition) is 1. The summed E-state index contributed by atoms with van der Waals surface area (Å²) in [6, 6.07) is 2.82. The highest BCUT2D eigenvalue weighted by Gasteiger charge is 2.23. The summed E-state index contributed by atoms with van der Waals surface area (Å²) in [5, 5.41) is 13.3. The third kappa shape index (κ3) is 4.52. The number of aryl methyl sites for hydroxylation is 1. The highest BCUT2D eigenvalue weighted by Crippen LogP contribution is 2.06. The predicted molar refractivity (Wildman–Crippen MR) is 80.8 cm³/mol. The molecule has 1 atom stereocenters. The van der Waals surface area contributed by atoms with E-state index in [1.807, 2.05) is 0 Å². The van der Waals surface area contributed by atoms with Gasteiger partial charge in [0.1, 0.15) is 5.69 Å². The fourth-order valence-corrected chi connectivity index (χ4v) is 2.29. The first-order chi connectivity index (χ1) is 9.47. The van der Waals surface area contributed by atoms with Gasteiger partial charge in [-0.05, 0) is 13.0 Å². The average Bonchev–Trinajstić information content (AvgIpc) is 2.41. The van der Waals surface area contributed by atoms with Gasteiger partial charge >= 0.3 is 0 Å². The normalized spacial score (nSPS) is 17.2. The van der Waals surface area contributed by atoms with Crippen LogP contribution in [0.25, 0.3) is 0 Å². The zero-order chi connectivity index (χ0) is 14.7. The number of aliphatic hydroxyl groups excluding tert-OH is 1. The Morgan fingerprint density at radius 2 is 1.95 bits per heavy atom. The third-order valence-electron chi connectivity index (χ3n) is 3.36. The average molecular weight is 317 g/mol. The van der Waals surface area contributed by atoms with E-state index in [1.165, 1.54) is 19.2 Å². The number of rotatable bonds is 3. The summed E-state index contributed by atoms with van der Waals surface area (Å²) < 4.78 is 1.16. The van der Waals surface area contributed by atoms with Crippen molar-refractivity contribution in [2.45, 2.75) is 13.0 Å². The molecule has 1 amide bonds. The van der Waals surface area contributed by atoms with E-state index >= 15 is 0 Å². The third-order valence-corrected chi connectivity index (χ3v) is 3.36. The molecule has 0 saturated carbocycles. The van der Waals surface area contributed by atoms with Crippen molar-refractivity contribution in [1.82, 2.24) is 19.6 Å². The summed E-state index contributed by atoms with van der Waals surface area (Å²) in [5.74, 6) is -0.155. The van der Waals surface area contributed by atoms with Crippen LogP contribution in [0.2, 0.25) is 0 Å². The molecule has 1 aromatic heterocycles. The number of nitrogens with zero attached hydrogens (tertiary/aromatic N) is 4. The van der Waals surface area contributed by atoms with Crippen molar-refractivity contribution in [3.05, 3.63) is 28.2 Å². The highest BCUT2D eigenvalue weighted by atomic mass is 35.5. The lowest BCUT2D eigenvalue weighted by atomic mass is 10.2. The minimum absolute atomic E-state index is 0. The van der Waals surface area contributed by atoms with Gasteiger partial charge in [0, 0.05) is 45.8 Å². The van der Waals surface area contributed by atoms with Gasteiger partial charge in [-0.3, -0.25) is 14.5 Å². The number of carbonyl (C=O) groups excluding carboxylic acids is 1. The number of carbonyl (C=O) groups is 1. The number of aliphatic hydroxyl groups is 1. The van der Waals surface area contributed by atoms with E-state index in [1.54, 1.807) is 11.8 Å². The molecule has 118 valence electrons. The molecule has 1 fully saturated rings. The Labute approximate surface area is 129 Å². The van der Waals surface area contributed by atoms with Crippen LogP contribution in [0, 0.1) is 0 Å². The minimum atomic E-state index is -0.359. The second-order valence-electron chi connectivity index (χ2n) is 5.12. The minimum Gasteiger partial charge on any atom is -0.392 e. The van der Waals surface area contributed by atoms with Crippen LogP contribution in [-0.4, -0.2) is 69.4 Å². The van der Waals surface area contributed by atoms with Gasteiger partial charge in [-0.2, -0.15) is 5.10 Å². The Morgan fingerprint density at radius 3 is 2.48 bits per heavy atom. The Kier molecular flexibility index (Phi) is 6.32. The second kappa shape index (κ2) is 7.53. The van der Waals surface area contributed by atoms with Crippen LogP contribution in [0.3, 0.4) is 0 Å². The van der Waals surface area contributed by atoms with Crippen molar-refractivity contribution in [1.29, 1.82) is 0 Å². The first kappa shape index (κ1) is 17.6. The summed E-state index contributed by atoms with van der Waals surface area (Å²) in [6.45, 7) is 5.07. The van der Waals surface area contributed by atoms with Crippen molar-refractivity contribution >= 4 is 18.3 Å². The van der Waals surface area contributed by atoms with E-state index in [2.05, 4.69) is 10.00 Å². The van der Waals surface area contributed by atoms with Gasteiger partial charge < -0.3 is 10.0 Å². The molecule has 1 aliphatic heterocycles. The predicted octanol–water partition coefficient (Wildman–Crippen LogP) is -0.659. The summed E-state index contributed by atoms with van der Waals surface area (Å²) in [6.07, 6.45) is -0.359. The number of aromatic nitrogens is 2. The maximum absolute atomic E-state index is 12.3. The fourth-order valence-electron chi connectivity index (χ4n) is 2.29. The molecule has 2 heterocycles. The SMILES string of the molecule is CC(O)CN1CCN(C(=O)c2ccc(=O)n(C)n2)CC1.Cl. The molecule has 0 radical (unpaired) electrons. The zero-order valence-corrected chi connectivity index (χ0v) is 13.0. The van der Waals surface area contributed by atoms with Gasteiger partial charge in [0.15, 0.2) is 0 Å². The quantitative estimate of drug-likeness (QED) is 0.801. The monoisotopic (exact) mass is 316 g/mol. The molecular weight excluding hydrogens is 296 g/mol. The Balaban J connectivity index is 0.00000220.